The fourth-order valence-corrected chi connectivity index (χ4v) is 2.87. The van der Waals surface area contributed by atoms with Crippen LogP contribution in [0.3, 0.4) is 0 Å². The summed E-state index contributed by atoms with van der Waals surface area (Å²) in [5.41, 5.74) is -1.05. The Morgan fingerprint density at radius 2 is 1.81 bits per heavy atom. The van der Waals surface area contributed by atoms with Crippen molar-refractivity contribution in [3.05, 3.63) is 45.1 Å². The smallest absolute Gasteiger partial charge is 0.329 e. The van der Waals surface area contributed by atoms with Gasteiger partial charge >= 0.3 is 11.7 Å². The third-order valence-electron chi connectivity index (χ3n) is 4.19. The van der Waals surface area contributed by atoms with Crippen molar-refractivity contribution < 1.29 is 19.8 Å². The van der Waals surface area contributed by atoms with E-state index in [0.717, 1.165) is 4.57 Å². The van der Waals surface area contributed by atoms with Crippen molar-refractivity contribution in [3.8, 4) is 0 Å². The van der Waals surface area contributed by atoms with Gasteiger partial charge in [0.05, 0.1) is 17.0 Å². The van der Waals surface area contributed by atoms with Gasteiger partial charge in [-0.15, -0.1) is 0 Å². The van der Waals surface area contributed by atoms with Gasteiger partial charge in [0.2, 0.25) is 5.91 Å². The molecule has 0 saturated carbocycles. The number of aliphatic hydroxyl groups is 1. The second kappa shape index (κ2) is 8.17. The summed E-state index contributed by atoms with van der Waals surface area (Å²) < 4.78 is 0.804. The minimum absolute atomic E-state index is 0.0617. The second-order valence-electron chi connectivity index (χ2n) is 6.86. The topological polar surface area (TPSA) is 141 Å². The molecule has 1 aromatic heterocycles. The molecule has 1 heterocycles. The predicted molar refractivity (Wildman–Crippen MR) is 98.6 cm³/mol. The average Bonchev–Trinajstić information content (AvgIpc) is 2.57. The lowest BCUT2D eigenvalue weighted by Gasteiger charge is -2.24. The number of aromatic amines is 1. The van der Waals surface area contributed by atoms with Crippen LogP contribution in [-0.2, 0) is 9.59 Å². The maximum Gasteiger partial charge on any atom is 0.329 e. The van der Waals surface area contributed by atoms with Gasteiger partial charge in [-0.25, -0.2) is 14.2 Å². The summed E-state index contributed by atoms with van der Waals surface area (Å²) in [5, 5.41) is 21.2. The molecule has 0 aliphatic heterocycles. The highest BCUT2D eigenvalue weighted by molar-refractivity contribution is 5.86. The van der Waals surface area contributed by atoms with Crippen LogP contribution >= 0.6 is 0 Å². The number of aliphatic hydroxyl groups excluding tert-OH is 1. The fourth-order valence-electron chi connectivity index (χ4n) is 2.87. The number of hydrogen-bond donors (Lipinski definition) is 4. The molecule has 4 N–H and O–H groups in total. The van der Waals surface area contributed by atoms with Crippen LogP contribution in [0.2, 0.25) is 0 Å². The third kappa shape index (κ3) is 4.43. The maximum atomic E-state index is 12.8. The summed E-state index contributed by atoms with van der Waals surface area (Å²) in [5.74, 6) is -2.30. The number of rotatable bonds is 7. The number of carbonyl (C=O) groups excluding carboxylic acids is 1. The molecule has 27 heavy (non-hydrogen) atoms. The van der Waals surface area contributed by atoms with Gasteiger partial charge in [-0.3, -0.25) is 9.59 Å². The lowest BCUT2D eigenvalue weighted by atomic mass is 10.0. The molecular formula is C18H23N3O6. The van der Waals surface area contributed by atoms with Crippen LogP contribution in [0.5, 0.6) is 0 Å². The molecule has 0 radical (unpaired) electrons. The number of hydrogen-bond acceptors (Lipinski definition) is 5. The minimum Gasteiger partial charge on any atom is -0.480 e. The average molecular weight is 377 g/mol. The number of amides is 1. The largest absolute Gasteiger partial charge is 0.480 e. The molecule has 1 amide bonds. The van der Waals surface area contributed by atoms with Crippen molar-refractivity contribution in [1.82, 2.24) is 14.9 Å². The quantitative estimate of drug-likeness (QED) is 0.544. The van der Waals surface area contributed by atoms with Crippen LogP contribution in [0.25, 0.3) is 10.9 Å². The van der Waals surface area contributed by atoms with E-state index in [1.807, 2.05) is 13.8 Å². The van der Waals surface area contributed by atoms with Crippen molar-refractivity contribution in [1.29, 1.82) is 0 Å². The Hall–Kier alpha value is -2.94. The molecule has 9 heteroatoms. The van der Waals surface area contributed by atoms with Gasteiger partial charge in [-0.2, -0.15) is 0 Å². The molecule has 2 aromatic rings. The van der Waals surface area contributed by atoms with E-state index in [1.165, 1.54) is 13.0 Å². The van der Waals surface area contributed by atoms with Crippen molar-refractivity contribution in [2.24, 2.45) is 5.92 Å². The van der Waals surface area contributed by atoms with E-state index in [4.69, 9.17) is 5.11 Å². The number of para-hydroxylation sites is 1. The van der Waals surface area contributed by atoms with E-state index in [2.05, 4.69) is 10.3 Å². The number of carboxylic acid groups (broad SMARTS) is 1. The summed E-state index contributed by atoms with van der Waals surface area (Å²) >= 11 is 0. The number of nitrogens with one attached hydrogen (secondary N) is 2. The van der Waals surface area contributed by atoms with Gasteiger partial charge in [0.15, 0.2) is 6.04 Å². The van der Waals surface area contributed by atoms with Crippen LogP contribution in [0.4, 0.5) is 0 Å². The van der Waals surface area contributed by atoms with Crippen LogP contribution in [-0.4, -0.2) is 43.8 Å². The molecule has 146 valence electrons. The molecule has 0 fully saturated rings. The van der Waals surface area contributed by atoms with Gasteiger partial charge < -0.3 is 20.5 Å². The Kier molecular flexibility index (Phi) is 6.17. The van der Waals surface area contributed by atoms with Crippen molar-refractivity contribution >= 4 is 22.8 Å². The molecule has 3 unspecified atom stereocenters. The van der Waals surface area contributed by atoms with Gasteiger partial charge in [0.1, 0.15) is 6.04 Å². The van der Waals surface area contributed by atoms with Gasteiger partial charge in [-0.1, -0.05) is 26.0 Å². The van der Waals surface area contributed by atoms with E-state index in [9.17, 15) is 24.3 Å². The summed E-state index contributed by atoms with van der Waals surface area (Å²) in [6, 6.07) is 3.64. The molecule has 0 bridgehead atoms. The van der Waals surface area contributed by atoms with Crippen LogP contribution in [0.15, 0.2) is 33.9 Å². The first-order chi connectivity index (χ1) is 12.6. The zero-order valence-corrected chi connectivity index (χ0v) is 15.3. The van der Waals surface area contributed by atoms with Crippen molar-refractivity contribution in [2.45, 2.75) is 45.4 Å². The number of benzene rings is 1. The van der Waals surface area contributed by atoms with Gasteiger partial charge in [-0.05, 0) is 31.4 Å². The van der Waals surface area contributed by atoms with Crippen molar-refractivity contribution in [3.63, 3.8) is 0 Å². The highest BCUT2D eigenvalue weighted by atomic mass is 16.4. The fraction of sp³-hybridized carbons (Fsp3) is 0.444. The van der Waals surface area contributed by atoms with Gasteiger partial charge in [0, 0.05) is 0 Å². The van der Waals surface area contributed by atoms with E-state index < -0.39 is 41.3 Å². The first-order valence-corrected chi connectivity index (χ1v) is 8.58. The van der Waals surface area contributed by atoms with E-state index in [-0.39, 0.29) is 17.7 Å². The normalized spacial score (nSPS) is 14.7. The molecule has 1 aromatic carbocycles. The highest BCUT2D eigenvalue weighted by Crippen LogP contribution is 2.16. The van der Waals surface area contributed by atoms with E-state index in [1.54, 1.807) is 18.2 Å². The zero-order chi connectivity index (χ0) is 20.3. The monoisotopic (exact) mass is 377 g/mol. The number of nitrogens with zero attached hydrogens (tertiary/aromatic N) is 1. The lowest BCUT2D eigenvalue weighted by Crippen LogP contribution is -2.52. The first-order valence-electron chi connectivity index (χ1n) is 8.58. The maximum absolute atomic E-state index is 12.8. The van der Waals surface area contributed by atoms with Crippen molar-refractivity contribution in [2.75, 3.05) is 0 Å². The molecule has 0 saturated heterocycles. The standard InChI is InChI=1S/C18H23N3O6/c1-9(2)8-13(15(23)20-14(10(3)22)17(25)26)21-16(24)11-6-4-5-7-12(11)19-18(21)27/h4-7,9-10,13-14,22H,8H2,1-3H3,(H,19,27)(H,20,23)(H,25,26). The lowest BCUT2D eigenvalue weighted by molar-refractivity contribution is -0.145. The van der Waals surface area contributed by atoms with Crippen LogP contribution < -0.4 is 16.6 Å². The summed E-state index contributed by atoms with van der Waals surface area (Å²) in [6.45, 7) is 4.85. The number of aromatic nitrogens is 2. The zero-order valence-electron chi connectivity index (χ0n) is 15.3. The Morgan fingerprint density at radius 1 is 1.19 bits per heavy atom. The third-order valence-corrected chi connectivity index (χ3v) is 4.19. The molecular weight excluding hydrogens is 354 g/mol. The summed E-state index contributed by atoms with van der Waals surface area (Å²) in [7, 11) is 0. The Balaban J connectivity index is 2.56. The second-order valence-corrected chi connectivity index (χ2v) is 6.86. The molecule has 0 spiro atoms. The number of H-pyrrole nitrogens is 1. The minimum atomic E-state index is -1.55. The highest BCUT2D eigenvalue weighted by Gasteiger charge is 2.31. The van der Waals surface area contributed by atoms with Crippen LogP contribution in [0, 0.1) is 5.92 Å². The molecule has 0 aliphatic carbocycles. The van der Waals surface area contributed by atoms with E-state index in [0.29, 0.717) is 5.52 Å². The summed E-state index contributed by atoms with van der Waals surface area (Å²) in [4.78, 5) is 51.9. The Labute approximate surface area is 154 Å². The van der Waals surface area contributed by atoms with Gasteiger partial charge in [0.25, 0.3) is 5.56 Å². The summed E-state index contributed by atoms with van der Waals surface area (Å²) in [6.07, 6.45) is -1.21. The Morgan fingerprint density at radius 3 is 2.37 bits per heavy atom. The molecule has 2 rings (SSSR count). The molecule has 3 atom stereocenters. The SMILES string of the molecule is CC(C)CC(C(=O)NC(C(=O)O)C(C)O)n1c(=O)[nH]c2ccccc2c1=O. The Bertz CT molecular complexity index is 959. The number of fused-ring (bicyclic) bond motifs is 1. The number of aliphatic carboxylic acids is 1. The molecule has 9 nitrogen and oxygen atoms in total. The molecule has 0 aliphatic rings. The predicted octanol–water partition coefficient (Wildman–Crippen LogP) is 0.227. The number of carbonyl (C=O) groups is 2. The number of carboxylic acids is 1. The van der Waals surface area contributed by atoms with E-state index >= 15 is 0 Å². The first kappa shape index (κ1) is 20.4. The van der Waals surface area contributed by atoms with Crippen LogP contribution in [0.1, 0.15) is 33.2 Å².